The number of sulfone groups is 1. The second kappa shape index (κ2) is 7.62. The van der Waals surface area contributed by atoms with Crippen LogP contribution in [0.15, 0.2) is 53.4 Å². The summed E-state index contributed by atoms with van der Waals surface area (Å²) in [4.78, 5) is 2.25. The van der Waals surface area contributed by atoms with E-state index in [9.17, 15) is 13.5 Å². The average Bonchev–Trinajstić information content (AvgIpc) is 2.52. The molecule has 2 rings (SSSR count). The third kappa shape index (κ3) is 4.81. The van der Waals surface area contributed by atoms with E-state index < -0.39 is 9.84 Å². The molecule has 23 heavy (non-hydrogen) atoms. The Bertz CT molecular complexity index is 739. The Morgan fingerprint density at radius 2 is 1.65 bits per heavy atom. The van der Waals surface area contributed by atoms with Crippen molar-refractivity contribution in [3.63, 3.8) is 0 Å². The van der Waals surface area contributed by atoms with Crippen LogP contribution in [0.4, 0.5) is 5.69 Å². The van der Waals surface area contributed by atoms with Gasteiger partial charge in [0, 0.05) is 18.8 Å². The maximum absolute atomic E-state index is 12.5. The lowest BCUT2D eigenvalue weighted by molar-refractivity contribution is 0.302. The molecule has 4 nitrogen and oxygen atoms in total. The lowest BCUT2D eigenvalue weighted by Gasteiger charge is -2.24. The highest BCUT2D eigenvalue weighted by atomic mass is 32.2. The van der Waals surface area contributed by atoms with E-state index in [1.165, 1.54) is 0 Å². The SMILES string of the molecule is Cc1ccc(S(=O)(=O)CCN(CCO)c2cccc(C)c2)cc1. The fraction of sp³-hybridized carbons (Fsp3) is 0.333. The molecule has 0 radical (unpaired) electrons. The third-order valence-electron chi connectivity index (χ3n) is 3.75. The summed E-state index contributed by atoms with van der Waals surface area (Å²) in [5, 5.41) is 9.25. The summed E-state index contributed by atoms with van der Waals surface area (Å²) in [6.07, 6.45) is 0. The molecule has 0 saturated heterocycles. The first-order valence-electron chi connectivity index (χ1n) is 7.64. The van der Waals surface area contributed by atoms with Crippen molar-refractivity contribution in [3.8, 4) is 0 Å². The van der Waals surface area contributed by atoms with E-state index in [1.807, 2.05) is 43.0 Å². The molecule has 2 aromatic carbocycles. The largest absolute Gasteiger partial charge is 0.395 e. The molecule has 0 spiro atoms. The van der Waals surface area contributed by atoms with Gasteiger partial charge in [0.05, 0.1) is 17.3 Å². The normalized spacial score (nSPS) is 11.4. The van der Waals surface area contributed by atoms with E-state index in [-0.39, 0.29) is 12.4 Å². The Hall–Kier alpha value is -1.85. The van der Waals surface area contributed by atoms with Gasteiger partial charge < -0.3 is 10.0 Å². The minimum Gasteiger partial charge on any atom is -0.395 e. The Balaban J connectivity index is 2.13. The molecule has 5 heteroatoms. The number of hydrogen-bond acceptors (Lipinski definition) is 4. The van der Waals surface area contributed by atoms with Crippen molar-refractivity contribution in [2.45, 2.75) is 18.7 Å². The quantitative estimate of drug-likeness (QED) is 0.846. The standard InChI is InChI=1S/C18H23NO3S/c1-15-6-8-18(9-7-15)23(21,22)13-11-19(10-12-20)17-5-3-4-16(2)14-17/h3-9,14,20H,10-13H2,1-2H3. The molecule has 2 aromatic rings. The van der Waals surface area contributed by atoms with Crippen LogP contribution in [0.25, 0.3) is 0 Å². The maximum Gasteiger partial charge on any atom is 0.180 e. The Morgan fingerprint density at radius 1 is 0.957 bits per heavy atom. The first-order valence-corrected chi connectivity index (χ1v) is 9.29. The van der Waals surface area contributed by atoms with Gasteiger partial charge in [-0.15, -0.1) is 0 Å². The molecule has 0 fully saturated rings. The summed E-state index contributed by atoms with van der Waals surface area (Å²) in [7, 11) is -3.33. The second-order valence-corrected chi connectivity index (χ2v) is 7.79. The topological polar surface area (TPSA) is 57.6 Å². The maximum atomic E-state index is 12.5. The summed E-state index contributed by atoms with van der Waals surface area (Å²) >= 11 is 0. The van der Waals surface area contributed by atoms with Gasteiger partial charge >= 0.3 is 0 Å². The highest BCUT2D eigenvalue weighted by Gasteiger charge is 2.16. The Kier molecular flexibility index (Phi) is 5.80. The van der Waals surface area contributed by atoms with Crippen LogP contribution in [-0.4, -0.2) is 39.0 Å². The molecule has 0 aliphatic heterocycles. The zero-order chi connectivity index (χ0) is 16.9. The van der Waals surface area contributed by atoms with Crippen LogP contribution in [0.1, 0.15) is 11.1 Å². The first-order chi connectivity index (χ1) is 10.9. The Morgan fingerprint density at radius 3 is 2.26 bits per heavy atom. The van der Waals surface area contributed by atoms with Gasteiger partial charge in [-0.2, -0.15) is 0 Å². The van der Waals surface area contributed by atoms with E-state index in [2.05, 4.69) is 0 Å². The molecule has 0 aliphatic rings. The van der Waals surface area contributed by atoms with Crippen LogP contribution in [0.5, 0.6) is 0 Å². The molecule has 0 heterocycles. The summed E-state index contributed by atoms with van der Waals surface area (Å²) < 4.78 is 24.9. The van der Waals surface area contributed by atoms with Crippen molar-refractivity contribution < 1.29 is 13.5 Å². The number of rotatable bonds is 7. The second-order valence-electron chi connectivity index (χ2n) is 5.68. The molecule has 124 valence electrons. The van der Waals surface area contributed by atoms with Gasteiger partial charge in [-0.3, -0.25) is 0 Å². The number of benzene rings is 2. The van der Waals surface area contributed by atoms with Crippen LogP contribution in [0.3, 0.4) is 0 Å². The van der Waals surface area contributed by atoms with Crippen LogP contribution in [0.2, 0.25) is 0 Å². The number of hydrogen-bond donors (Lipinski definition) is 1. The first kappa shape index (κ1) is 17.5. The molecule has 0 aromatic heterocycles. The van der Waals surface area contributed by atoms with Crippen LogP contribution >= 0.6 is 0 Å². The molecule has 1 N–H and O–H groups in total. The minimum absolute atomic E-state index is 0.0154. The van der Waals surface area contributed by atoms with Gasteiger partial charge in [0.2, 0.25) is 0 Å². The molecule has 0 bridgehead atoms. The predicted octanol–water partition coefficient (Wildman–Crippen LogP) is 2.58. The number of aliphatic hydroxyl groups is 1. The van der Waals surface area contributed by atoms with Crippen LogP contribution in [-0.2, 0) is 9.84 Å². The average molecular weight is 333 g/mol. The number of aryl methyl sites for hydroxylation is 2. The smallest absolute Gasteiger partial charge is 0.180 e. The van der Waals surface area contributed by atoms with Gasteiger partial charge in [-0.05, 0) is 43.7 Å². The minimum atomic E-state index is -3.33. The van der Waals surface area contributed by atoms with Crippen LogP contribution in [0, 0.1) is 13.8 Å². The van der Waals surface area contributed by atoms with Gasteiger partial charge in [0.15, 0.2) is 9.84 Å². The van der Waals surface area contributed by atoms with Gasteiger partial charge in [0.1, 0.15) is 0 Å². The summed E-state index contributed by atoms with van der Waals surface area (Å²) in [6, 6.07) is 14.8. The fourth-order valence-corrected chi connectivity index (χ4v) is 3.66. The highest BCUT2D eigenvalue weighted by molar-refractivity contribution is 7.91. The van der Waals surface area contributed by atoms with E-state index in [0.29, 0.717) is 18.0 Å². The molecule has 0 aliphatic carbocycles. The lowest BCUT2D eigenvalue weighted by Crippen LogP contribution is -2.32. The molecule has 0 unspecified atom stereocenters. The molecular formula is C18H23NO3S. The van der Waals surface area contributed by atoms with E-state index in [0.717, 1.165) is 16.8 Å². The molecule has 0 atom stereocenters. The zero-order valence-corrected chi connectivity index (χ0v) is 14.4. The van der Waals surface area contributed by atoms with Gasteiger partial charge in [-0.1, -0.05) is 29.8 Å². The van der Waals surface area contributed by atoms with Crippen molar-refractivity contribution >= 4 is 15.5 Å². The zero-order valence-electron chi connectivity index (χ0n) is 13.6. The van der Waals surface area contributed by atoms with E-state index >= 15 is 0 Å². The van der Waals surface area contributed by atoms with E-state index in [4.69, 9.17) is 0 Å². The van der Waals surface area contributed by atoms with Crippen molar-refractivity contribution in [1.82, 2.24) is 0 Å². The molecular weight excluding hydrogens is 310 g/mol. The number of nitrogens with zero attached hydrogens (tertiary/aromatic N) is 1. The van der Waals surface area contributed by atoms with E-state index in [1.54, 1.807) is 24.3 Å². The number of aliphatic hydroxyl groups excluding tert-OH is 1. The third-order valence-corrected chi connectivity index (χ3v) is 5.46. The van der Waals surface area contributed by atoms with Crippen molar-refractivity contribution in [3.05, 3.63) is 59.7 Å². The molecule has 0 saturated carbocycles. The lowest BCUT2D eigenvalue weighted by atomic mass is 10.2. The summed E-state index contributed by atoms with van der Waals surface area (Å²) in [5.41, 5.74) is 3.07. The fourth-order valence-electron chi connectivity index (χ4n) is 2.41. The predicted molar refractivity (Wildman–Crippen MR) is 93.7 cm³/mol. The van der Waals surface area contributed by atoms with Crippen molar-refractivity contribution in [2.24, 2.45) is 0 Å². The van der Waals surface area contributed by atoms with Gasteiger partial charge in [-0.25, -0.2) is 8.42 Å². The molecule has 0 amide bonds. The monoisotopic (exact) mass is 333 g/mol. The van der Waals surface area contributed by atoms with Crippen molar-refractivity contribution in [1.29, 1.82) is 0 Å². The van der Waals surface area contributed by atoms with Gasteiger partial charge in [0.25, 0.3) is 0 Å². The summed E-state index contributed by atoms with van der Waals surface area (Å²) in [6.45, 7) is 4.66. The van der Waals surface area contributed by atoms with Crippen molar-refractivity contribution in [2.75, 3.05) is 30.3 Å². The van der Waals surface area contributed by atoms with Crippen LogP contribution < -0.4 is 4.90 Å². The number of anilines is 1. The Labute approximate surface area is 138 Å². The highest BCUT2D eigenvalue weighted by Crippen LogP contribution is 2.17. The summed E-state index contributed by atoms with van der Waals surface area (Å²) in [5.74, 6) is 0.0179.